The fraction of sp³-hybridized carbons (Fsp3) is 1.00. The highest BCUT2D eigenvalue weighted by molar-refractivity contribution is 4.81. The van der Waals surface area contributed by atoms with E-state index in [1.54, 1.807) is 0 Å². The molecule has 0 saturated carbocycles. The summed E-state index contributed by atoms with van der Waals surface area (Å²) in [6, 6.07) is 1.62. The van der Waals surface area contributed by atoms with Gasteiger partial charge in [0.2, 0.25) is 0 Å². The van der Waals surface area contributed by atoms with Crippen LogP contribution in [0.5, 0.6) is 0 Å². The Balaban J connectivity index is 1.78. The topological polar surface area (TPSA) is 15.3 Å². The zero-order valence-electron chi connectivity index (χ0n) is 8.76. The van der Waals surface area contributed by atoms with Gasteiger partial charge in [-0.1, -0.05) is 6.42 Å². The molecule has 2 heterocycles. The van der Waals surface area contributed by atoms with Crippen LogP contribution < -0.4 is 5.32 Å². The number of hydrogen-bond donors (Lipinski definition) is 1. The lowest BCUT2D eigenvalue weighted by Gasteiger charge is -2.35. The molecule has 0 aromatic heterocycles. The highest BCUT2D eigenvalue weighted by atomic mass is 15.2. The summed E-state index contributed by atoms with van der Waals surface area (Å²) in [5.74, 6) is 0. The molecule has 0 radical (unpaired) electrons. The molecular weight excluding hydrogens is 160 g/mol. The maximum atomic E-state index is 3.58. The van der Waals surface area contributed by atoms with Gasteiger partial charge in [0, 0.05) is 18.6 Å². The van der Waals surface area contributed by atoms with Gasteiger partial charge in [-0.3, -0.25) is 4.90 Å². The van der Waals surface area contributed by atoms with Gasteiger partial charge < -0.3 is 5.32 Å². The summed E-state index contributed by atoms with van der Waals surface area (Å²) in [5, 5.41) is 3.58. The zero-order chi connectivity index (χ0) is 9.10. The third-order valence-electron chi connectivity index (χ3n) is 3.56. The lowest BCUT2D eigenvalue weighted by molar-refractivity contribution is 0.148. The fourth-order valence-corrected chi connectivity index (χ4v) is 2.62. The Morgan fingerprint density at radius 1 is 1.23 bits per heavy atom. The van der Waals surface area contributed by atoms with Crippen molar-refractivity contribution in [2.75, 3.05) is 19.6 Å². The molecule has 2 fully saturated rings. The third-order valence-corrected chi connectivity index (χ3v) is 3.56. The molecule has 2 saturated heterocycles. The molecule has 0 bridgehead atoms. The molecule has 1 N–H and O–H groups in total. The molecule has 2 aliphatic heterocycles. The molecule has 13 heavy (non-hydrogen) atoms. The smallest absolute Gasteiger partial charge is 0.0195 e. The molecule has 2 nitrogen and oxygen atoms in total. The predicted molar refractivity (Wildman–Crippen MR) is 55.9 cm³/mol. The standard InChI is InChI=1S/C11H22N2/c1-10-5-2-3-8-13(10)9-11-6-4-7-12-11/h10-12H,2-9H2,1H3/t10-,11+/m1/s1. The van der Waals surface area contributed by atoms with Gasteiger partial charge in [0.05, 0.1) is 0 Å². The molecular formula is C11H22N2. The van der Waals surface area contributed by atoms with Crippen molar-refractivity contribution in [1.82, 2.24) is 10.2 Å². The van der Waals surface area contributed by atoms with Crippen molar-refractivity contribution in [3.8, 4) is 0 Å². The van der Waals surface area contributed by atoms with Crippen molar-refractivity contribution in [3.63, 3.8) is 0 Å². The molecule has 0 spiro atoms. The number of nitrogens with one attached hydrogen (secondary N) is 1. The molecule has 2 rings (SSSR count). The van der Waals surface area contributed by atoms with Gasteiger partial charge in [0.25, 0.3) is 0 Å². The minimum absolute atomic E-state index is 0.792. The van der Waals surface area contributed by atoms with Gasteiger partial charge in [-0.15, -0.1) is 0 Å². The van der Waals surface area contributed by atoms with Crippen LogP contribution in [-0.4, -0.2) is 36.6 Å². The van der Waals surface area contributed by atoms with Gasteiger partial charge in [0.1, 0.15) is 0 Å². The Kier molecular flexibility index (Phi) is 3.23. The number of nitrogens with zero attached hydrogens (tertiary/aromatic N) is 1. The second kappa shape index (κ2) is 4.43. The van der Waals surface area contributed by atoms with Gasteiger partial charge in [-0.2, -0.15) is 0 Å². The Morgan fingerprint density at radius 2 is 2.15 bits per heavy atom. The van der Waals surface area contributed by atoms with Crippen LogP contribution in [0.3, 0.4) is 0 Å². The summed E-state index contributed by atoms with van der Waals surface area (Å²) in [5.41, 5.74) is 0. The van der Waals surface area contributed by atoms with Crippen molar-refractivity contribution >= 4 is 0 Å². The Hall–Kier alpha value is -0.0800. The normalized spacial score (nSPS) is 36.7. The quantitative estimate of drug-likeness (QED) is 0.698. The van der Waals surface area contributed by atoms with Gasteiger partial charge >= 0.3 is 0 Å². The first-order valence-electron chi connectivity index (χ1n) is 5.83. The fourth-order valence-electron chi connectivity index (χ4n) is 2.62. The van der Waals surface area contributed by atoms with E-state index < -0.39 is 0 Å². The Morgan fingerprint density at radius 3 is 2.85 bits per heavy atom. The minimum atomic E-state index is 0.792. The minimum Gasteiger partial charge on any atom is -0.313 e. The van der Waals surface area contributed by atoms with E-state index in [0.717, 1.165) is 12.1 Å². The van der Waals surface area contributed by atoms with Crippen LogP contribution in [0.25, 0.3) is 0 Å². The van der Waals surface area contributed by atoms with E-state index in [-0.39, 0.29) is 0 Å². The van der Waals surface area contributed by atoms with E-state index in [0.29, 0.717) is 0 Å². The summed E-state index contributed by atoms with van der Waals surface area (Å²) < 4.78 is 0. The molecule has 0 aromatic rings. The van der Waals surface area contributed by atoms with Crippen molar-refractivity contribution in [3.05, 3.63) is 0 Å². The highest BCUT2D eigenvalue weighted by Crippen LogP contribution is 2.18. The first-order chi connectivity index (χ1) is 6.36. The molecule has 0 aliphatic carbocycles. The van der Waals surface area contributed by atoms with E-state index in [2.05, 4.69) is 17.1 Å². The molecule has 76 valence electrons. The number of likely N-dealkylation sites (tertiary alicyclic amines) is 1. The number of hydrogen-bond acceptors (Lipinski definition) is 2. The van der Waals surface area contributed by atoms with E-state index in [4.69, 9.17) is 0 Å². The molecule has 2 aliphatic rings. The Bertz CT molecular complexity index is 152. The van der Waals surface area contributed by atoms with E-state index in [9.17, 15) is 0 Å². The van der Waals surface area contributed by atoms with Crippen LogP contribution in [0.4, 0.5) is 0 Å². The van der Waals surface area contributed by atoms with Crippen LogP contribution >= 0.6 is 0 Å². The molecule has 0 unspecified atom stereocenters. The van der Waals surface area contributed by atoms with E-state index >= 15 is 0 Å². The number of piperidine rings is 1. The van der Waals surface area contributed by atoms with Crippen LogP contribution in [-0.2, 0) is 0 Å². The summed E-state index contributed by atoms with van der Waals surface area (Å²) in [7, 11) is 0. The van der Waals surface area contributed by atoms with E-state index in [1.807, 2.05) is 0 Å². The second-order valence-electron chi connectivity index (χ2n) is 4.63. The lowest BCUT2D eigenvalue weighted by Crippen LogP contribution is -2.44. The Labute approximate surface area is 81.7 Å². The summed E-state index contributed by atoms with van der Waals surface area (Å²) >= 11 is 0. The zero-order valence-corrected chi connectivity index (χ0v) is 8.76. The van der Waals surface area contributed by atoms with Crippen LogP contribution in [0.1, 0.15) is 39.0 Å². The van der Waals surface area contributed by atoms with Gasteiger partial charge in [0.15, 0.2) is 0 Å². The lowest BCUT2D eigenvalue weighted by atomic mass is 10.0. The van der Waals surface area contributed by atoms with Crippen molar-refractivity contribution < 1.29 is 0 Å². The average molecular weight is 182 g/mol. The largest absolute Gasteiger partial charge is 0.313 e. The third kappa shape index (κ3) is 2.44. The van der Waals surface area contributed by atoms with Crippen LogP contribution in [0.2, 0.25) is 0 Å². The van der Waals surface area contributed by atoms with E-state index in [1.165, 1.54) is 51.7 Å². The predicted octanol–water partition coefficient (Wildman–Crippen LogP) is 1.61. The number of rotatable bonds is 2. The summed E-state index contributed by atoms with van der Waals surface area (Å²) in [4.78, 5) is 2.67. The van der Waals surface area contributed by atoms with Gasteiger partial charge in [-0.05, 0) is 45.7 Å². The van der Waals surface area contributed by atoms with Crippen LogP contribution in [0.15, 0.2) is 0 Å². The highest BCUT2D eigenvalue weighted by Gasteiger charge is 2.22. The summed E-state index contributed by atoms with van der Waals surface area (Å²) in [6.45, 7) is 6.25. The van der Waals surface area contributed by atoms with Crippen molar-refractivity contribution in [2.24, 2.45) is 0 Å². The molecule has 2 heteroatoms. The summed E-state index contributed by atoms with van der Waals surface area (Å²) in [6.07, 6.45) is 7.04. The SMILES string of the molecule is C[C@@H]1CCCCN1C[C@@H]1CCCN1. The second-order valence-corrected chi connectivity index (χ2v) is 4.63. The molecule has 2 atom stereocenters. The van der Waals surface area contributed by atoms with Gasteiger partial charge in [-0.25, -0.2) is 0 Å². The molecule has 0 amide bonds. The first kappa shape index (κ1) is 9.47. The average Bonchev–Trinajstić information content (AvgIpc) is 2.61. The van der Waals surface area contributed by atoms with Crippen LogP contribution in [0, 0.1) is 0 Å². The maximum Gasteiger partial charge on any atom is 0.0195 e. The molecule has 0 aromatic carbocycles. The first-order valence-corrected chi connectivity index (χ1v) is 5.83. The maximum absolute atomic E-state index is 3.58. The monoisotopic (exact) mass is 182 g/mol. The van der Waals surface area contributed by atoms with Crippen molar-refractivity contribution in [1.29, 1.82) is 0 Å². The van der Waals surface area contributed by atoms with Crippen molar-refractivity contribution in [2.45, 2.75) is 51.1 Å².